The van der Waals surface area contributed by atoms with E-state index in [1.807, 2.05) is 16.8 Å². The lowest BCUT2D eigenvalue weighted by molar-refractivity contribution is 0.136. The Hall–Kier alpha value is -2.61. The summed E-state index contributed by atoms with van der Waals surface area (Å²) in [5, 5.41) is 7.54. The first-order chi connectivity index (χ1) is 13.4. The number of benzene rings is 1. The highest BCUT2D eigenvalue weighted by atomic mass is 16.2. The SMILES string of the molecule is CC1CN(C(=O)N(C)C)CCC1c1nc(N(C)Cc2ccc(CN)cc2)n[nH]1. The van der Waals surface area contributed by atoms with E-state index in [2.05, 4.69) is 41.4 Å². The first kappa shape index (κ1) is 20.1. The van der Waals surface area contributed by atoms with Gasteiger partial charge in [0, 0.05) is 53.2 Å². The summed E-state index contributed by atoms with van der Waals surface area (Å²) in [4.78, 5) is 22.5. The molecule has 8 nitrogen and oxygen atoms in total. The van der Waals surface area contributed by atoms with Crippen molar-refractivity contribution in [3.05, 3.63) is 41.2 Å². The molecule has 3 rings (SSSR count). The van der Waals surface area contributed by atoms with Crippen LogP contribution in [0.1, 0.15) is 36.2 Å². The average molecular weight is 386 g/mol. The van der Waals surface area contributed by atoms with Crippen LogP contribution in [0.15, 0.2) is 24.3 Å². The topological polar surface area (TPSA) is 94.4 Å². The lowest BCUT2D eigenvalue weighted by Gasteiger charge is -2.37. The largest absolute Gasteiger partial charge is 0.338 e. The van der Waals surface area contributed by atoms with Crippen LogP contribution >= 0.6 is 0 Å². The third-order valence-corrected chi connectivity index (χ3v) is 5.42. The zero-order valence-corrected chi connectivity index (χ0v) is 17.2. The predicted molar refractivity (Wildman–Crippen MR) is 110 cm³/mol. The van der Waals surface area contributed by atoms with Crippen LogP contribution in [0.25, 0.3) is 0 Å². The number of aromatic amines is 1. The van der Waals surface area contributed by atoms with Gasteiger partial charge in [0.05, 0.1) is 0 Å². The van der Waals surface area contributed by atoms with Gasteiger partial charge >= 0.3 is 6.03 Å². The maximum atomic E-state index is 12.2. The summed E-state index contributed by atoms with van der Waals surface area (Å²) in [7, 11) is 5.58. The molecule has 2 heterocycles. The molecule has 28 heavy (non-hydrogen) atoms. The smallest absolute Gasteiger partial charge is 0.319 e. The molecule has 8 heteroatoms. The number of carbonyl (C=O) groups is 1. The maximum Gasteiger partial charge on any atom is 0.319 e. The van der Waals surface area contributed by atoms with Crippen molar-refractivity contribution in [2.75, 3.05) is 39.1 Å². The van der Waals surface area contributed by atoms with Gasteiger partial charge in [-0.25, -0.2) is 4.79 Å². The van der Waals surface area contributed by atoms with Gasteiger partial charge in [-0.1, -0.05) is 31.2 Å². The van der Waals surface area contributed by atoms with Crippen LogP contribution < -0.4 is 10.6 Å². The number of H-pyrrole nitrogens is 1. The van der Waals surface area contributed by atoms with E-state index in [0.29, 0.717) is 18.4 Å². The van der Waals surface area contributed by atoms with Gasteiger partial charge in [0.25, 0.3) is 0 Å². The Morgan fingerprint density at radius 3 is 2.54 bits per heavy atom. The summed E-state index contributed by atoms with van der Waals surface area (Å²) in [5.74, 6) is 2.21. The van der Waals surface area contributed by atoms with Gasteiger partial charge in [0.15, 0.2) is 0 Å². The molecule has 0 saturated carbocycles. The van der Waals surface area contributed by atoms with E-state index in [1.165, 1.54) is 5.56 Å². The Labute approximate surface area is 166 Å². The Morgan fingerprint density at radius 1 is 1.25 bits per heavy atom. The monoisotopic (exact) mass is 385 g/mol. The van der Waals surface area contributed by atoms with Gasteiger partial charge in [0.2, 0.25) is 5.95 Å². The number of nitrogens with zero attached hydrogens (tertiary/aromatic N) is 5. The van der Waals surface area contributed by atoms with Gasteiger partial charge in [-0.05, 0) is 23.5 Å². The first-order valence-electron chi connectivity index (χ1n) is 9.76. The van der Waals surface area contributed by atoms with Gasteiger partial charge < -0.3 is 20.4 Å². The van der Waals surface area contributed by atoms with E-state index in [1.54, 1.807) is 19.0 Å². The number of urea groups is 1. The van der Waals surface area contributed by atoms with Crippen LogP contribution in [0.2, 0.25) is 0 Å². The van der Waals surface area contributed by atoms with E-state index >= 15 is 0 Å². The van der Waals surface area contributed by atoms with Crippen molar-refractivity contribution in [1.82, 2.24) is 25.0 Å². The normalized spacial score (nSPS) is 19.5. The first-order valence-corrected chi connectivity index (χ1v) is 9.76. The van der Waals surface area contributed by atoms with Crippen LogP contribution in [0.3, 0.4) is 0 Å². The van der Waals surface area contributed by atoms with Crippen molar-refractivity contribution in [3.8, 4) is 0 Å². The van der Waals surface area contributed by atoms with Crippen molar-refractivity contribution in [2.24, 2.45) is 11.7 Å². The number of carbonyl (C=O) groups excluding carboxylic acids is 1. The molecule has 3 N–H and O–H groups in total. The molecule has 0 spiro atoms. The Kier molecular flexibility index (Phi) is 6.18. The van der Waals surface area contributed by atoms with Crippen LogP contribution in [-0.4, -0.2) is 65.2 Å². The quantitative estimate of drug-likeness (QED) is 0.821. The number of anilines is 1. The minimum atomic E-state index is 0.0731. The molecule has 1 aliphatic rings. The third-order valence-electron chi connectivity index (χ3n) is 5.42. The minimum absolute atomic E-state index is 0.0731. The standard InChI is InChI=1S/C20H31N7O/c1-14-12-27(20(28)25(2)3)10-9-17(14)18-22-19(24-23-18)26(4)13-16-7-5-15(11-21)6-8-16/h5-8,14,17H,9-13,21H2,1-4H3,(H,22,23,24). The predicted octanol–water partition coefficient (Wildman–Crippen LogP) is 2.01. The molecular formula is C20H31N7O. The van der Waals surface area contributed by atoms with E-state index in [9.17, 15) is 4.79 Å². The fraction of sp³-hybridized carbons (Fsp3) is 0.550. The summed E-state index contributed by atoms with van der Waals surface area (Å²) in [6.07, 6.45) is 0.889. The van der Waals surface area contributed by atoms with Gasteiger partial charge in [-0.15, -0.1) is 5.10 Å². The van der Waals surface area contributed by atoms with E-state index in [4.69, 9.17) is 10.7 Å². The summed E-state index contributed by atoms with van der Waals surface area (Å²) in [6, 6.07) is 8.36. The number of likely N-dealkylation sites (tertiary alicyclic amines) is 1. The molecule has 1 aromatic heterocycles. The van der Waals surface area contributed by atoms with E-state index < -0.39 is 0 Å². The van der Waals surface area contributed by atoms with Crippen LogP contribution in [0.4, 0.5) is 10.7 Å². The number of aromatic nitrogens is 3. The summed E-state index contributed by atoms with van der Waals surface area (Å²) in [6.45, 7) is 4.93. The van der Waals surface area contributed by atoms with E-state index in [0.717, 1.165) is 37.4 Å². The number of hydrogen-bond donors (Lipinski definition) is 2. The number of nitrogens with two attached hydrogens (primary N) is 1. The highest BCUT2D eigenvalue weighted by molar-refractivity contribution is 5.73. The minimum Gasteiger partial charge on any atom is -0.338 e. The molecule has 2 amide bonds. The zero-order chi connectivity index (χ0) is 20.3. The second-order valence-electron chi connectivity index (χ2n) is 7.89. The summed E-state index contributed by atoms with van der Waals surface area (Å²) < 4.78 is 0. The second-order valence-corrected chi connectivity index (χ2v) is 7.89. The highest BCUT2D eigenvalue weighted by Gasteiger charge is 2.32. The molecule has 0 bridgehead atoms. The van der Waals surface area contributed by atoms with Crippen LogP contribution in [0, 0.1) is 5.92 Å². The Balaban J connectivity index is 1.62. The lowest BCUT2D eigenvalue weighted by Crippen LogP contribution is -2.46. The fourth-order valence-corrected chi connectivity index (χ4v) is 3.74. The maximum absolute atomic E-state index is 12.2. The number of nitrogens with one attached hydrogen (secondary N) is 1. The summed E-state index contributed by atoms with van der Waals surface area (Å²) in [5.41, 5.74) is 7.97. The average Bonchev–Trinajstić information content (AvgIpc) is 3.17. The molecule has 1 saturated heterocycles. The van der Waals surface area contributed by atoms with Crippen LogP contribution in [-0.2, 0) is 13.1 Å². The molecule has 2 aromatic rings. The van der Waals surface area contributed by atoms with Crippen molar-refractivity contribution < 1.29 is 4.79 Å². The van der Waals surface area contributed by atoms with Gasteiger partial charge in [-0.3, -0.25) is 5.10 Å². The molecule has 1 fully saturated rings. The number of piperidine rings is 1. The fourth-order valence-electron chi connectivity index (χ4n) is 3.74. The lowest BCUT2D eigenvalue weighted by atomic mass is 9.86. The Morgan fingerprint density at radius 2 is 1.93 bits per heavy atom. The number of amides is 2. The van der Waals surface area contributed by atoms with Crippen molar-refractivity contribution >= 4 is 12.0 Å². The molecule has 152 valence electrons. The molecule has 1 aliphatic heterocycles. The van der Waals surface area contributed by atoms with Crippen molar-refractivity contribution in [3.63, 3.8) is 0 Å². The molecule has 1 aromatic carbocycles. The third kappa shape index (κ3) is 4.44. The van der Waals surface area contributed by atoms with Crippen molar-refractivity contribution in [2.45, 2.75) is 32.4 Å². The molecule has 0 radical (unpaired) electrons. The van der Waals surface area contributed by atoms with Crippen molar-refractivity contribution in [1.29, 1.82) is 0 Å². The Bertz CT molecular complexity index is 786. The van der Waals surface area contributed by atoms with E-state index in [-0.39, 0.29) is 11.9 Å². The van der Waals surface area contributed by atoms with Gasteiger partial charge in [0.1, 0.15) is 5.82 Å². The number of hydrogen-bond acceptors (Lipinski definition) is 5. The highest BCUT2D eigenvalue weighted by Crippen LogP contribution is 2.31. The van der Waals surface area contributed by atoms with Crippen LogP contribution in [0.5, 0.6) is 0 Å². The van der Waals surface area contributed by atoms with Gasteiger partial charge in [-0.2, -0.15) is 4.98 Å². The zero-order valence-electron chi connectivity index (χ0n) is 17.2. The molecule has 2 unspecified atom stereocenters. The molecular weight excluding hydrogens is 354 g/mol. The molecule has 0 aliphatic carbocycles. The summed E-state index contributed by atoms with van der Waals surface area (Å²) >= 11 is 0. The second kappa shape index (κ2) is 8.60. The molecule has 2 atom stereocenters. The number of rotatable bonds is 5.